The molecule has 0 radical (unpaired) electrons. The average Bonchev–Trinajstić information content (AvgIpc) is 2.15. The first-order valence-electron chi connectivity index (χ1n) is 3.90. The number of hydrogen-bond donors (Lipinski definition) is 1. The minimum Gasteiger partial charge on any atom is -0.376 e. The van der Waals surface area contributed by atoms with E-state index in [1.165, 1.54) is 18.1 Å². The third kappa shape index (κ3) is 2.79. The van der Waals surface area contributed by atoms with Crippen LogP contribution in [-0.2, 0) is 0 Å². The molecule has 0 aliphatic heterocycles. The predicted octanol–water partition coefficient (Wildman–Crippen LogP) is 1.61. The minimum atomic E-state index is -0.507. The highest BCUT2D eigenvalue weighted by Gasteiger charge is 2.06. The maximum Gasteiger partial charge on any atom is 0.142 e. The van der Waals surface area contributed by atoms with Gasteiger partial charge in [0.05, 0.1) is 5.69 Å². The van der Waals surface area contributed by atoms with E-state index in [1.807, 2.05) is 0 Å². The second kappa shape index (κ2) is 5.11. The zero-order chi connectivity index (χ0) is 8.81. The summed E-state index contributed by atoms with van der Waals surface area (Å²) in [6.45, 7) is 2.08. The van der Waals surface area contributed by atoms with Crippen LogP contribution in [0, 0.1) is 0 Å². The molecular formula is C8H12N2OS. The summed E-state index contributed by atoms with van der Waals surface area (Å²) in [5.41, 5.74) is 0.177. The van der Waals surface area contributed by atoms with Gasteiger partial charge in [-0.3, -0.25) is 0 Å². The van der Waals surface area contributed by atoms with Crippen molar-refractivity contribution in [3.63, 3.8) is 0 Å². The Morgan fingerprint density at radius 3 is 3.08 bits per heavy atom. The van der Waals surface area contributed by atoms with Crippen molar-refractivity contribution < 1.29 is 5.11 Å². The highest BCUT2D eigenvalue weighted by molar-refractivity contribution is 7.99. The lowest BCUT2D eigenvalue weighted by Gasteiger charge is -2.07. The first kappa shape index (κ1) is 9.48. The van der Waals surface area contributed by atoms with Crippen molar-refractivity contribution in [2.45, 2.75) is 18.8 Å². The number of thioether (sulfide) groups is 1. The van der Waals surface area contributed by atoms with Gasteiger partial charge in [-0.2, -0.15) is 0 Å². The smallest absolute Gasteiger partial charge is 0.142 e. The standard InChI is InChI=1S/C8H12N2OS/c1-2-5-12-8(11)7-3-4-9-6-10-7/h3-4,6,8,11H,2,5H2,1H3. The van der Waals surface area contributed by atoms with E-state index in [2.05, 4.69) is 16.9 Å². The zero-order valence-electron chi connectivity index (χ0n) is 6.97. The summed E-state index contributed by atoms with van der Waals surface area (Å²) in [5.74, 6) is 0.950. The van der Waals surface area contributed by atoms with Crippen LogP contribution >= 0.6 is 11.8 Å². The predicted molar refractivity (Wildman–Crippen MR) is 49.7 cm³/mol. The Morgan fingerprint density at radius 2 is 2.50 bits per heavy atom. The van der Waals surface area contributed by atoms with Crippen molar-refractivity contribution in [1.29, 1.82) is 0 Å². The summed E-state index contributed by atoms with van der Waals surface area (Å²) in [6.07, 6.45) is 4.15. The molecule has 1 aromatic rings. The van der Waals surface area contributed by atoms with Gasteiger partial charge in [-0.05, 0) is 18.2 Å². The van der Waals surface area contributed by atoms with E-state index in [0.717, 1.165) is 12.2 Å². The van der Waals surface area contributed by atoms with Gasteiger partial charge < -0.3 is 5.11 Å². The van der Waals surface area contributed by atoms with Crippen LogP contribution in [0.2, 0.25) is 0 Å². The molecule has 1 rings (SSSR count). The maximum atomic E-state index is 9.52. The lowest BCUT2D eigenvalue weighted by molar-refractivity contribution is 0.265. The van der Waals surface area contributed by atoms with E-state index >= 15 is 0 Å². The second-order valence-electron chi connectivity index (χ2n) is 2.36. The molecular weight excluding hydrogens is 172 g/mol. The monoisotopic (exact) mass is 184 g/mol. The van der Waals surface area contributed by atoms with Gasteiger partial charge in [0.15, 0.2) is 0 Å². The normalized spacial score (nSPS) is 12.8. The first-order chi connectivity index (χ1) is 5.84. The Bertz CT molecular complexity index is 218. The van der Waals surface area contributed by atoms with Crippen molar-refractivity contribution in [1.82, 2.24) is 9.97 Å². The quantitative estimate of drug-likeness (QED) is 0.722. The number of hydrogen-bond acceptors (Lipinski definition) is 4. The molecule has 1 N–H and O–H groups in total. The van der Waals surface area contributed by atoms with Crippen molar-refractivity contribution in [3.8, 4) is 0 Å². The molecule has 1 aromatic heterocycles. The van der Waals surface area contributed by atoms with Gasteiger partial charge in [-0.15, -0.1) is 11.8 Å². The molecule has 0 saturated heterocycles. The molecule has 1 unspecified atom stereocenters. The van der Waals surface area contributed by atoms with Gasteiger partial charge >= 0.3 is 0 Å². The molecule has 4 heteroatoms. The number of aliphatic hydroxyl groups is 1. The molecule has 1 heterocycles. The lowest BCUT2D eigenvalue weighted by Crippen LogP contribution is -1.96. The first-order valence-corrected chi connectivity index (χ1v) is 4.95. The molecule has 0 saturated carbocycles. The summed E-state index contributed by atoms with van der Waals surface area (Å²) in [7, 11) is 0. The van der Waals surface area contributed by atoms with Gasteiger partial charge in [-0.1, -0.05) is 6.92 Å². The number of nitrogens with zero attached hydrogens (tertiary/aromatic N) is 2. The van der Waals surface area contributed by atoms with Crippen LogP contribution in [0.1, 0.15) is 24.5 Å². The molecule has 0 fully saturated rings. The van der Waals surface area contributed by atoms with Crippen LogP contribution < -0.4 is 0 Å². The summed E-state index contributed by atoms with van der Waals surface area (Å²) in [6, 6.07) is 1.73. The summed E-state index contributed by atoms with van der Waals surface area (Å²) < 4.78 is 0. The zero-order valence-corrected chi connectivity index (χ0v) is 7.79. The van der Waals surface area contributed by atoms with Gasteiger partial charge in [0.1, 0.15) is 11.8 Å². The van der Waals surface area contributed by atoms with Gasteiger partial charge in [0, 0.05) is 6.20 Å². The van der Waals surface area contributed by atoms with Gasteiger partial charge in [0.2, 0.25) is 0 Å². The molecule has 0 aromatic carbocycles. The molecule has 3 nitrogen and oxygen atoms in total. The largest absolute Gasteiger partial charge is 0.376 e. The molecule has 1 atom stereocenters. The van der Waals surface area contributed by atoms with Crippen LogP contribution in [0.3, 0.4) is 0 Å². The van der Waals surface area contributed by atoms with E-state index < -0.39 is 5.44 Å². The Morgan fingerprint density at radius 1 is 1.67 bits per heavy atom. The van der Waals surface area contributed by atoms with Crippen molar-refractivity contribution in [2.75, 3.05) is 5.75 Å². The van der Waals surface area contributed by atoms with Gasteiger partial charge in [-0.25, -0.2) is 9.97 Å². The molecule has 0 aliphatic rings. The summed E-state index contributed by atoms with van der Waals surface area (Å²) in [4.78, 5) is 7.73. The van der Waals surface area contributed by atoms with E-state index in [0.29, 0.717) is 5.69 Å². The molecule has 0 spiro atoms. The molecule has 0 aliphatic carbocycles. The fourth-order valence-corrected chi connectivity index (χ4v) is 1.53. The third-order valence-electron chi connectivity index (χ3n) is 1.34. The van der Waals surface area contributed by atoms with Crippen LogP contribution in [0.15, 0.2) is 18.6 Å². The van der Waals surface area contributed by atoms with Crippen LogP contribution in [0.5, 0.6) is 0 Å². The number of rotatable bonds is 4. The fourth-order valence-electron chi connectivity index (χ4n) is 0.762. The number of aromatic nitrogens is 2. The van der Waals surface area contributed by atoms with E-state index in [4.69, 9.17) is 0 Å². The maximum absolute atomic E-state index is 9.52. The topological polar surface area (TPSA) is 46.0 Å². The Labute approximate surface area is 76.2 Å². The van der Waals surface area contributed by atoms with Crippen molar-refractivity contribution in [3.05, 3.63) is 24.3 Å². The van der Waals surface area contributed by atoms with Crippen molar-refractivity contribution >= 4 is 11.8 Å². The highest BCUT2D eigenvalue weighted by atomic mass is 32.2. The van der Waals surface area contributed by atoms with Crippen LogP contribution in [-0.4, -0.2) is 20.8 Å². The summed E-state index contributed by atoms with van der Waals surface area (Å²) in [5, 5.41) is 9.52. The van der Waals surface area contributed by atoms with E-state index in [-0.39, 0.29) is 0 Å². The van der Waals surface area contributed by atoms with E-state index in [9.17, 15) is 5.11 Å². The minimum absolute atomic E-state index is 0.507. The Kier molecular flexibility index (Phi) is 4.04. The van der Waals surface area contributed by atoms with Gasteiger partial charge in [0.25, 0.3) is 0 Å². The number of aliphatic hydroxyl groups excluding tert-OH is 1. The Balaban J connectivity index is 2.48. The molecule has 66 valence electrons. The molecule has 0 bridgehead atoms. The average molecular weight is 184 g/mol. The van der Waals surface area contributed by atoms with E-state index in [1.54, 1.807) is 12.3 Å². The molecule has 12 heavy (non-hydrogen) atoms. The second-order valence-corrected chi connectivity index (χ2v) is 3.55. The van der Waals surface area contributed by atoms with Crippen molar-refractivity contribution in [2.24, 2.45) is 0 Å². The Hall–Kier alpha value is -0.610. The highest BCUT2D eigenvalue weighted by Crippen LogP contribution is 2.23. The fraction of sp³-hybridized carbons (Fsp3) is 0.500. The van der Waals surface area contributed by atoms with Crippen LogP contribution in [0.4, 0.5) is 0 Å². The SMILES string of the molecule is CCCSC(O)c1ccncn1. The lowest BCUT2D eigenvalue weighted by atomic mass is 10.4. The summed E-state index contributed by atoms with van der Waals surface area (Å²) >= 11 is 1.49. The molecule has 0 amide bonds. The third-order valence-corrected chi connectivity index (χ3v) is 2.54. The van der Waals surface area contributed by atoms with Crippen LogP contribution in [0.25, 0.3) is 0 Å².